The number of morpholine rings is 1. The number of nitrogens with one attached hydrogen (secondary N) is 2. The number of halogens is 1. The second-order valence-corrected chi connectivity index (χ2v) is 7.42. The molecule has 28 heavy (non-hydrogen) atoms. The first-order valence-corrected chi connectivity index (χ1v) is 10.2. The standard InChI is InChI=1S/C21H35FN4O2/c1-17(2)16-28-11-5-8-24-21(23-3)25-15-20(26-9-12-27-13-10-26)18-6-4-7-19(22)14-18/h4,6-7,14,17,20H,5,8-13,15-16H2,1-3H3,(H2,23,24,25). The molecule has 0 amide bonds. The van der Waals surface area contributed by atoms with Crippen molar-refractivity contribution < 1.29 is 13.9 Å². The van der Waals surface area contributed by atoms with Crippen molar-refractivity contribution in [3.8, 4) is 0 Å². The van der Waals surface area contributed by atoms with Crippen LogP contribution in [0.3, 0.4) is 0 Å². The molecule has 7 heteroatoms. The van der Waals surface area contributed by atoms with Gasteiger partial charge in [-0.3, -0.25) is 9.89 Å². The van der Waals surface area contributed by atoms with E-state index in [-0.39, 0.29) is 11.9 Å². The van der Waals surface area contributed by atoms with Crippen LogP contribution in [-0.2, 0) is 9.47 Å². The Morgan fingerprint density at radius 1 is 1.29 bits per heavy atom. The highest BCUT2D eigenvalue weighted by atomic mass is 19.1. The van der Waals surface area contributed by atoms with Crippen LogP contribution in [0.5, 0.6) is 0 Å². The Hall–Kier alpha value is -1.70. The van der Waals surface area contributed by atoms with Gasteiger partial charge in [0.1, 0.15) is 5.82 Å². The Bertz CT molecular complexity index is 592. The molecule has 1 aromatic carbocycles. The Morgan fingerprint density at radius 3 is 2.75 bits per heavy atom. The van der Waals surface area contributed by atoms with E-state index in [0.29, 0.717) is 25.7 Å². The summed E-state index contributed by atoms with van der Waals surface area (Å²) >= 11 is 0. The van der Waals surface area contributed by atoms with Gasteiger partial charge in [0.15, 0.2) is 5.96 Å². The molecule has 1 heterocycles. The van der Waals surface area contributed by atoms with Crippen molar-refractivity contribution in [3.05, 3.63) is 35.6 Å². The summed E-state index contributed by atoms with van der Waals surface area (Å²) in [5, 5.41) is 6.71. The topological polar surface area (TPSA) is 58.1 Å². The number of nitrogens with zero attached hydrogens (tertiary/aromatic N) is 2. The van der Waals surface area contributed by atoms with E-state index in [4.69, 9.17) is 9.47 Å². The number of hydrogen-bond donors (Lipinski definition) is 2. The van der Waals surface area contributed by atoms with Gasteiger partial charge >= 0.3 is 0 Å². The fourth-order valence-corrected chi connectivity index (χ4v) is 3.17. The summed E-state index contributed by atoms with van der Waals surface area (Å²) in [6, 6.07) is 6.90. The molecule has 1 fully saturated rings. The first kappa shape index (κ1) is 22.6. The minimum atomic E-state index is -0.209. The van der Waals surface area contributed by atoms with Crippen LogP contribution in [0.15, 0.2) is 29.3 Å². The Kier molecular flexibility index (Phi) is 10.2. The van der Waals surface area contributed by atoms with Crippen LogP contribution in [0.1, 0.15) is 31.9 Å². The minimum Gasteiger partial charge on any atom is -0.381 e. The third kappa shape index (κ3) is 8.12. The molecule has 2 N–H and O–H groups in total. The minimum absolute atomic E-state index is 0.0625. The lowest BCUT2D eigenvalue weighted by atomic mass is 10.0. The summed E-state index contributed by atoms with van der Waals surface area (Å²) in [4.78, 5) is 6.63. The second-order valence-electron chi connectivity index (χ2n) is 7.42. The molecule has 1 saturated heterocycles. The van der Waals surface area contributed by atoms with Crippen molar-refractivity contribution in [2.45, 2.75) is 26.3 Å². The van der Waals surface area contributed by atoms with Gasteiger partial charge in [-0.1, -0.05) is 26.0 Å². The van der Waals surface area contributed by atoms with Gasteiger partial charge in [0.2, 0.25) is 0 Å². The third-order valence-corrected chi connectivity index (χ3v) is 4.62. The lowest BCUT2D eigenvalue weighted by molar-refractivity contribution is 0.0169. The van der Waals surface area contributed by atoms with Crippen molar-refractivity contribution in [1.29, 1.82) is 0 Å². The van der Waals surface area contributed by atoms with Gasteiger partial charge in [-0.15, -0.1) is 0 Å². The van der Waals surface area contributed by atoms with Crippen molar-refractivity contribution >= 4 is 5.96 Å². The molecule has 1 aliphatic heterocycles. The number of guanidine groups is 1. The number of hydrogen-bond acceptors (Lipinski definition) is 4. The molecule has 0 aromatic heterocycles. The average Bonchev–Trinajstić information content (AvgIpc) is 2.69. The monoisotopic (exact) mass is 394 g/mol. The molecular formula is C21H35FN4O2. The van der Waals surface area contributed by atoms with E-state index in [2.05, 4.69) is 34.4 Å². The summed E-state index contributed by atoms with van der Waals surface area (Å²) in [5.41, 5.74) is 0.965. The molecule has 6 nitrogen and oxygen atoms in total. The quantitative estimate of drug-likeness (QED) is 0.363. The van der Waals surface area contributed by atoms with Crippen LogP contribution in [0.4, 0.5) is 4.39 Å². The van der Waals surface area contributed by atoms with Gasteiger partial charge in [-0.2, -0.15) is 0 Å². The van der Waals surface area contributed by atoms with Crippen molar-refractivity contribution in [3.63, 3.8) is 0 Å². The molecule has 1 atom stereocenters. The summed E-state index contributed by atoms with van der Waals surface area (Å²) in [5.74, 6) is 1.10. The maximum absolute atomic E-state index is 13.8. The highest BCUT2D eigenvalue weighted by Crippen LogP contribution is 2.22. The van der Waals surface area contributed by atoms with Gasteiger partial charge in [0, 0.05) is 46.4 Å². The van der Waals surface area contributed by atoms with Gasteiger partial charge in [-0.05, 0) is 30.0 Å². The molecule has 0 radical (unpaired) electrons. The Balaban J connectivity index is 1.85. The highest BCUT2D eigenvalue weighted by molar-refractivity contribution is 5.79. The molecule has 2 rings (SSSR count). The van der Waals surface area contributed by atoms with E-state index in [0.717, 1.165) is 50.8 Å². The number of benzene rings is 1. The van der Waals surface area contributed by atoms with Crippen LogP contribution in [0, 0.1) is 11.7 Å². The van der Waals surface area contributed by atoms with Crippen LogP contribution >= 0.6 is 0 Å². The predicted octanol–water partition coefficient (Wildman–Crippen LogP) is 2.43. The number of ether oxygens (including phenoxy) is 2. The Morgan fingerprint density at radius 2 is 2.07 bits per heavy atom. The van der Waals surface area contributed by atoms with E-state index >= 15 is 0 Å². The number of rotatable bonds is 10. The van der Waals surface area contributed by atoms with Gasteiger partial charge < -0.3 is 20.1 Å². The molecule has 1 unspecified atom stereocenters. The van der Waals surface area contributed by atoms with E-state index < -0.39 is 0 Å². The van der Waals surface area contributed by atoms with Crippen LogP contribution < -0.4 is 10.6 Å². The lowest BCUT2D eigenvalue weighted by Crippen LogP contribution is -2.46. The van der Waals surface area contributed by atoms with E-state index in [1.807, 2.05) is 6.07 Å². The van der Waals surface area contributed by atoms with Gasteiger partial charge in [0.25, 0.3) is 0 Å². The first-order valence-electron chi connectivity index (χ1n) is 10.2. The second kappa shape index (κ2) is 12.7. The lowest BCUT2D eigenvalue weighted by Gasteiger charge is -2.35. The molecule has 0 saturated carbocycles. The van der Waals surface area contributed by atoms with Gasteiger partial charge in [-0.25, -0.2) is 4.39 Å². The average molecular weight is 395 g/mol. The summed E-state index contributed by atoms with van der Waals surface area (Å²) in [7, 11) is 1.76. The van der Waals surface area contributed by atoms with E-state index in [1.165, 1.54) is 6.07 Å². The molecule has 1 aromatic rings. The largest absolute Gasteiger partial charge is 0.381 e. The number of aliphatic imine (C=N–C) groups is 1. The predicted molar refractivity (Wildman–Crippen MR) is 111 cm³/mol. The highest BCUT2D eigenvalue weighted by Gasteiger charge is 2.23. The van der Waals surface area contributed by atoms with E-state index in [1.54, 1.807) is 19.2 Å². The zero-order chi connectivity index (χ0) is 20.2. The zero-order valence-corrected chi connectivity index (χ0v) is 17.4. The first-order chi connectivity index (χ1) is 13.6. The fourth-order valence-electron chi connectivity index (χ4n) is 3.17. The third-order valence-electron chi connectivity index (χ3n) is 4.62. The summed E-state index contributed by atoms with van der Waals surface area (Å²) < 4.78 is 24.8. The molecule has 158 valence electrons. The Labute approximate surface area is 168 Å². The van der Waals surface area contributed by atoms with Crippen molar-refractivity contribution in [2.24, 2.45) is 10.9 Å². The maximum atomic E-state index is 13.8. The molecular weight excluding hydrogens is 359 g/mol. The normalized spacial score (nSPS) is 17.0. The zero-order valence-electron chi connectivity index (χ0n) is 17.4. The molecule has 0 aliphatic carbocycles. The SMILES string of the molecule is CN=C(NCCCOCC(C)C)NCC(c1cccc(F)c1)N1CCOCC1. The smallest absolute Gasteiger partial charge is 0.191 e. The van der Waals surface area contributed by atoms with Crippen molar-refractivity contribution in [2.75, 3.05) is 59.7 Å². The summed E-state index contributed by atoms with van der Waals surface area (Å²) in [6.07, 6.45) is 0.921. The van der Waals surface area contributed by atoms with Crippen LogP contribution in [0.2, 0.25) is 0 Å². The van der Waals surface area contributed by atoms with Crippen LogP contribution in [-0.4, -0.2) is 70.5 Å². The van der Waals surface area contributed by atoms with Crippen molar-refractivity contribution in [1.82, 2.24) is 15.5 Å². The van der Waals surface area contributed by atoms with Crippen LogP contribution in [0.25, 0.3) is 0 Å². The van der Waals surface area contributed by atoms with Gasteiger partial charge in [0.05, 0.1) is 19.3 Å². The molecule has 0 bridgehead atoms. The summed E-state index contributed by atoms with van der Waals surface area (Å²) in [6.45, 7) is 10.3. The fraction of sp³-hybridized carbons (Fsp3) is 0.667. The molecule has 1 aliphatic rings. The molecule has 0 spiro atoms. The maximum Gasteiger partial charge on any atom is 0.191 e. The van der Waals surface area contributed by atoms with E-state index in [9.17, 15) is 4.39 Å².